The van der Waals surface area contributed by atoms with Gasteiger partial charge in [-0.3, -0.25) is 4.79 Å². The number of nitriles is 1. The molecule has 1 heterocycles. The van der Waals surface area contributed by atoms with Crippen LogP contribution in [0.25, 0.3) is 0 Å². The molecule has 5 nitrogen and oxygen atoms in total. The standard InChI is InChI=1S/C14H17N3O2/c1-9-10(8-15)6-7-12(16-9)14(19)17-11-4-2-3-5-13(11)18/h6-7,11,13,18H,2-5H2,1H3,(H,17,19)/t11-,13-/m1/s1. The van der Waals surface area contributed by atoms with E-state index < -0.39 is 6.10 Å². The van der Waals surface area contributed by atoms with Gasteiger partial charge in [-0.25, -0.2) is 4.98 Å². The monoisotopic (exact) mass is 259 g/mol. The van der Waals surface area contributed by atoms with E-state index in [4.69, 9.17) is 5.26 Å². The number of aliphatic hydroxyl groups is 1. The molecule has 5 heteroatoms. The second kappa shape index (κ2) is 5.81. The van der Waals surface area contributed by atoms with Gasteiger partial charge in [0.1, 0.15) is 11.8 Å². The van der Waals surface area contributed by atoms with Gasteiger partial charge in [-0.2, -0.15) is 5.26 Å². The zero-order valence-electron chi connectivity index (χ0n) is 10.9. The SMILES string of the molecule is Cc1nc(C(=O)N[C@@H]2CCCC[C@H]2O)ccc1C#N. The van der Waals surface area contributed by atoms with E-state index in [2.05, 4.69) is 10.3 Å². The molecule has 100 valence electrons. The van der Waals surface area contributed by atoms with Gasteiger partial charge in [0.15, 0.2) is 0 Å². The predicted molar refractivity (Wildman–Crippen MR) is 69.4 cm³/mol. The third kappa shape index (κ3) is 3.09. The first-order valence-electron chi connectivity index (χ1n) is 6.48. The minimum Gasteiger partial charge on any atom is -0.391 e. The van der Waals surface area contributed by atoms with Crippen molar-refractivity contribution in [3.8, 4) is 6.07 Å². The molecule has 2 rings (SSSR count). The summed E-state index contributed by atoms with van der Waals surface area (Å²) in [5.74, 6) is -0.293. The quantitative estimate of drug-likeness (QED) is 0.838. The van der Waals surface area contributed by atoms with Gasteiger partial charge in [0.25, 0.3) is 5.91 Å². The number of hydrogen-bond acceptors (Lipinski definition) is 4. The van der Waals surface area contributed by atoms with Crippen LogP contribution < -0.4 is 5.32 Å². The van der Waals surface area contributed by atoms with Gasteiger partial charge < -0.3 is 10.4 Å². The molecule has 1 aliphatic carbocycles. The highest BCUT2D eigenvalue weighted by molar-refractivity contribution is 5.92. The van der Waals surface area contributed by atoms with E-state index in [1.165, 1.54) is 6.07 Å². The van der Waals surface area contributed by atoms with Crippen molar-refractivity contribution in [3.63, 3.8) is 0 Å². The summed E-state index contributed by atoms with van der Waals surface area (Å²) < 4.78 is 0. The number of nitrogens with zero attached hydrogens (tertiary/aromatic N) is 2. The lowest BCUT2D eigenvalue weighted by atomic mass is 9.92. The van der Waals surface area contributed by atoms with Crippen molar-refractivity contribution in [3.05, 3.63) is 29.1 Å². The Labute approximate surface area is 112 Å². The molecule has 0 saturated heterocycles. The lowest BCUT2D eigenvalue weighted by molar-refractivity contribution is 0.0713. The van der Waals surface area contributed by atoms with Crippen molar-refractivity contribution in [2.45, 2.75) is 44.8 Å². The van der Waals surface area contributed by atoms with E-state index >= 15 is 0 Å². The van der Waals surface area contributed by atoms with Gasteiger partial charge in [0, 0.05) is 0 Å². The van der Waals surface area contributed by atoms with E-state index in [9.17, 15) is 9.90 Å². The lowest BCUT2D eigenvalue weighted by Crippen LogP contribution is -2.45. The molecule has 0 spiro atoms. The van der Waals surface area contributed by atoms with Gasteiger partial charge in [-0.1, -0.05) is 12.8 Å². The first-order valence-corrected chi connectivity index (χ1v) is 6.48. The molecule has 1 fully saturated rings. The Kier molecular flexibility index (Phi) is 4.13. The number of amides is 1. The van der Waals surface area contributed by atoms with Crippen LogP contribution in [0.1, 0.15) is 47.4 Å². The van der Waals surface area contributed by atoms with Crippen molar-refractivity contribution in [2.75, 3.05) is 0 Å². The number of carbonyl (C=O) groups is 1. The Balaban J connectivity index is 2.07. The van der Waals surface area contributed by atoms with Crippen molar-refractivity contribution in [1.29, 1.82) is 5.26 Å². The number of rotatable bonds is 2. The van der Waals surface area contributed by atoms with Crippen LogP contribution in [0.2, 0.25) is 0 Å². The molecule has 0 bridgehead atoms. The normalized spacial score (nSPS) is 22.6. The van der Waals surface area contributed by atoms with E-state index in [1.807, 2.05) is 6.07 Å². The second-order valence-electron chi connectivity index (χ2n) is 4.87. The van der Waals surface area contributed by atoms with Crippen molar-refractivity contribution in [1.82, 2.24) is 10.3 Å². The van der Waals surface area contributed by atoms with Crippen molar-refractivity contribution in [2.24, 2.45) is 0 Å². The average molecular weight is 259 g/mol. The van der Waals surface area contributed by atoms with Crippen LogP contribution in [-0.4, -0.2) is 28.1 Å². The lowest BCUT2D eigenvalue weighted by Gasteiger charge is -2.28. The number of aromatic nitrogens is 1. The van der Waals surface area contributed by atoms with Crippen LogP contribution in [0, 0.1) is 18.3 Å². The predicted octanol–water partition coefficient (Wildman–Crippen LogP) is 1.29. The molecule has 0 radical (unpaired) electrons. The molecule has 0 aromatic carbocycles. The molecule has 2 atom stereocenters. The molecule has 1 saturated carbocycles. The Hall–Kier alpha value is -1.93. The summed E-state index contributed by atoms with van der Waals surface area (Å²) in [6.45, 7) is 1.70. The highest BCUT2D eigenvalue weighted by Crippen LogP contribution is 2.18. The maximum atomic E-state index is 12.0. The van der Waals surface area contributed by atoms with Gasteiger partial charge in [-0.15, -0.1) is 0 Å². The first kappa shape index (κ1) is 13.5. The van der Waals surface area contributed by atoms with Gasteiger partial charge in [-0.05, 0) is 31.9 Å². The summed E-state index contributed by atoms with van der Waals surface area (Å²) in [5, 5.41) is 21.5. The largest absolute Gasteiger partial charge is 0.391 e. The fraction of sp³-hybridized carbons (Fsp3) is 0.500. The Bertz CT molecular complexity index is 522. The number of nitrogens with one attached hydrogen (secondary N) is 1. The van der Waals surface area contributed by atoms with Crippen LogP contribution in [0.5, 0.6) is 0 Å². The van der Waals surface area contributed by atoms with Crippen LogP contribution in [0.3, 0.4) is 0 Å². The molecular formula is C14H17N3O2. The van der Waals surface area contributed by atoms with Crippen molar-refractivity contribution < 1.29 is 9.90 Å². The fourth-order valence-corrected chi connectivity index (χ4v) is 2.33. The molecule has 1 amide bonds. The van der Waals surface area contributed by atoms with Gasteiger partial charge in [0.05, 0.1) is 23.4 Å². The van der Waals surface area contributed by atoms with Crippen molar-refractivity contribution >= 4 is 5.91 Å². The van der Waals surface area contributed by atoms with Crippen LogP contribution >= 0.6 is 0 Å². The average Bonchev–Trinajstić information content (AvgIpc) is 2.41. The van der Waals surface area contributed by atoms with Crippen LogP contribution in [-0.2, 0) is 0 Å². The van der Waals surface area contributed by atoms with E-state index in [0.29, 0.717) is 11.3 Å². The number of hydrogen-bond donors (Lipinski definition) is 2. The molecule has 1 aromatic rings. The van der Waals surface area contributed by atoms with E-state index in [-0.39, 0.29) is 17.6 Å². The van der Waals surface area contributed by atoms with Gasteiger partial charge in [0.2, 0.25) is 0 Å². The first-order chi connectivity index (χ1) is 9.11. The zero-order valence-corrected chi connectivity index (χ0v) is 10.9. The minimum absolute atomic E-state index is 0.195. The number of aliphatic hydroxyl groups excluding tert-OH is 1. The number of carbonyl (C=O) groups excluding carboxylic acids is 1. The minimum atomic E-state index is -0.475. The summed E-state index contributed by atoms with van der Waals surface area (Å²) >= 11 is 0. The Morgan fingerprint density at radius 2 is 2.21 bits per heavy atom. The van der Waals surface area contributed by atoms with Crippen LogP contribution in [0.15, 0.2) is 12.1 Å². The molecular weight excluding hydrogens is 242 g/mol. The topological polar surface area (TPSA) is 86.0 Å². The maximum Gasteiger partial charge on any atom is 0.270 e. The highest BCUT2D eigenvalue weighted by atomic mass is 16.3. The molecule has 0 aliphatic heterocycles. The summed E-state index contributed by atoms with van der Waals surface area (Å²) in [4.78, 5) is 16.2. The Morgan fingerprint density at radius 3 is 2.84 bits per heavy atom. The molecule has 1 aliphatic rings. The fourth-order valence-electron chi connectivity index (χ4n) is 2.33. The van der Waals surface area contributed by atoms with E-state index in [1.54, 1.807) is 13.0 Å². The molecule has 1 aromatic heterocycles. The maximum absolute atomic E-state index is 12.0. The molecule has 0 unspecified atom stereocenters. The summed E-state index contributed by atoms with van der Waals surface area (Å²) in [6.07, 6.45) is 3.06. The summed E-state index contributed by atoms with van der Waals surface area (Å²) in [7, 11) is 0. The summed E-state index contributed by atoms with van der Waals surface area (Å²) in [6, 6.07) is 4.95. The zero-order chi connectivity index (χ0) is 13.8. The highest BCUT2D eigenvalue weighted by Gasteiger charge is 2.25. The number of pyridine rings is 1. The second-order valence-corrected chi connectivity index (χ2v) is 4.87. The van der Waals surface area contributed by atoms with E-state index in [0.717, 1.165) is 25.7 Å². The third-order valence-corrected chi connectivity index (χ3v) is 3.48. The van der Waals surface area contributed by atoms with Gasteiger partial charge >= 0.3 is 0 Å². The molecule has 2 N–H and O–H groups in total. The summed E-state index contributed by atoms with van der Waals surface area (Å²) in [5.41, 5.74) is 1.29. The smallest absolute Gasteiger partial charge is 0.270 e. The number of aryl methyl sites for hydroxylation is 1. The third-order valence-electron chi connectivity index (χ3n) is 3.48. The van der Waals surface area contributed by atoms with Crippen LogP contribution in [0.4, 0.5) is 0 Å². The Morgan fingerprint density at radius 1 is 1.47 bits per heavy atom. The molecule has 19 heavy (non-hydrogen) atoms.